The van der Waals surface area contributed by atoms with Gasteiger partial charge in [0.15, 0.2) is 0 Å². The topological polar surface area (TPSA) is 67.1 Å². The molecule has 1 unspecified atom stereocenters. The van der Waals surface area contributed by atoms with Crippen molar-refractivity contribution in [3.63, 3.8) is 0 Å². The summed E-state index contributed by atoms with van der Waals surface area (Å²) in [4.78, 5) is 10.9. The third-order valence-electron chi connectivity index (χ3n) is 3.83. The highest BCUT2D eigenvalue weighted by atomic mass is 15.3. The highest BCUT2D eigenvalue weighted by Gasteiger charge is 2.32. The second-order valence-corrected chi connectivity index (χ2v) is 5.45. The number of aromatic nitrogens is 2. The first-order valence-electron chi connectivity index (χ1n) is 6.60. The molecule has 0 radical (unpaired) electrons. The van der Waals surface area contributed by atoms with Crippen molar-refractivity contribution < 1.29 is 0 Å². The van der Waals surface area contributed by atoms with Crippen LogP contribution in [0.15, 0.2) is 6.33 Å². The van der Waals surface area contributed by atoms with Gasteiger partial charge in [-0.2, -0.15) is 0 Å². The van der Waals surface area contributed by atoms with Crippen molar-refractivity contribution in [1.29, 1.82) is 0 Å². The number of nitrogen functional groups attached to an aromatic ring is 1. The Morgan fingerprint density at radius 2 is 2.00 bits per heavy atom. The summed E-state index contributed by atoms with van der Waals surface area (Å²) in [6.07, 6.45) is 4.23. The summed E-state index contributed by atoms with van der Waals surface area (Å²) in [5.74, 6) is 8.41. The van der Waals surface area contributed by atoms with E-state index in [4.69, 9.17) is 5.84 Å². The Kier molecular flexibility index (Phi) is 3.71. The zero-order chi connectivity index (χ0) is 13.3. The second-order valence-electron chi connectivity index (χ2n) is 5.45. The number of rotatable bonds is 5. The zero-order valence-corrected chi connectivity index (χ0v) is 11.6. The third-order valence-corrected chi connectivity index (χ3v) is 3.83. The maximum atomic E-state index is 5.55. The van der Waals surface area contributed by atoms with E-state index in [1.54, 1.807) is 6.33 Å². The highest BCUT2D eigenvalue weighted by Crippen LogP contribution is 2.38. The molecule has 1 aromatic heterocycles. The van der Waals surface area contributed by atoms with E-state index in [1.165, 1.54) is 12.8 Å². The van der Waals surface area contributed by atoms with E-state index in [0.717, 1.165) is 23.1 Å². The lowest BCUT2D eigenvalue weighted by Gasteiger charge is -2.29. The summed E-state index contributed by atoms with van der Waals surface area (Å²) in [7, 11) is 2.11. The van der Waals surface area contributed by atoms with Crippen molar-refractivity contribution in [1.82, 2.24) is 9.97 Å². The molecule has 1 aliphatic carbocycles. The zero-order valence-electron chi connectivity index (χ0n) is 11.6. The Labute approximate surface area is 109 Å². The number of nitrogens with two attached hydrogens (primary N) is 1. The van der Waals surface area contributed by atoms with Crippen LogP contribution in [0.2, 0.25) is 0 Å². The van der Waals surface area contributed by atoms with E-state index in [0.29, 0.717) is 12.0 Å². The Morgan fingerprint density at radius 1 is 1.33 bits per heavy atom. The third kappa shape index (κ3) is 2.41. The molecule has 1 heterocycles. The molecule has 2 rings (SSSR count). The Bertz CT molecular complexity index is 414. The van der Waals surface area contributed by atoms with E-state index in [1.807, 2.05) is 0 Å². The molecular formula is C13H23N5. The first-order valence-corrected chi connectivity index (χ1v) is 6.60. The van der Waals surface area contributed by atoms with Gasteiger partial charge < -0.3 is 10.3 Å². The Balaban J connectivity index is 2.36. The van der Waals surface area contributed by atoms with Crippen LogP contribution < -0.4 is 16.2 Å². The van der Waals surface area contributed by atoms with Crippen molar-refractivity contribution in [2.24, 2.45) is 11.8 Å². The van der Waals surface area contributed by atoms with Crippen LogP contribution in [-0.4, -0.2) is 23.1 Å². The van der Waals surface area contributed by atoms with Gasteiger partial charge in [-0.3, -0.25) is 0 Å². The predicted molar refractivity (Wildman–Crippen MR) is 74.5 cm³/mol. The standard InChI is InChI=1S/C13H23N5/c1-8(2)11-12(17-14)15-7-16-13(11)18(4)9(3)10-5-6-10/h7-10H,5-6,14H2,1-4H3,(H,15,16,17). The number of hydrogen-bond acceptors (Lipinski definition) is 5. The molecule has 0 spiro atoms. The van der Waals surface area contributed by atoms with Crippen LogP contribution in [-0.2, 0) is 0 Å². The molecule has 0 amide bonds. The lowest BCUT2D eigenvalue weighted by molar-refractivity contribution is 0.599. The van der Waals surface area contributed by atoms with Crippen LogP contribution in [0, 0.1) is 5.92 Å². The predicted octanol–water partition coefficient (Wildman–Crippen LogP) is 2.12. The summed E-state index contributed by atoms with van der Waals surface area (Å²) in [5.41, 5.74) is 3.77. The fourth-order valence-corrected chi connectivity index (χ4v) is 2.40. The molecule has 0 bridgehead atoms. The van der Waals surface area contributed by atoms with Gasteiger partial charge in [-0.15, -0.1) is 0 Å². The van der Waals surface area contributed by atoms with Gasteiger partial charge in [0.2, 0.25) is 0 Å². The van der Waals surface area contributed by atoms with E-state index in [2.05, 4.69) is 48.1 Å². The van der Waals surface area contributed by atoms with E-state index in [9.17, 15) is 0 Å². The van der Waals surface area contributed by atoms with Crippen molar-refractivity contribution in [3.8, 4) is 0 Å². The summed E-state index contributed by atoms with van der Waals surface area (Å²) in [6.45, 7) is 6.54. The molecule has 18 heavy (non-hydrogen) atoms. The number of nitrogens with zero attached hydrogens (tertiary/aromatic N) is 3. The van der Waals surface area contributed by atoms with Crippen molar-refractivity contribution in [2.45, 2.75) is 45.6 Å². The van der Waals surface area contributed by atoms with Gasteiger partial charge in [0.1, 0.15) is 18.0 Å². The van der Waals surface area contributed by atoms with Crippen molar-refractivity contribution in [2.75, 3.05) is 17.4 Å². The minimum absolute atomic E-state index is 0.334. The molecule has 0 saturated heterocycles. The molecule has 3 N–H and O–H groups in total. The van der Waals surface area contributed by atoms with Crippen LogP contribution in [0.25, 0.3) is 0 Å². The number of nitrogens with one attached hydrogen (secondary N) is 1. The van der Waals surface area contributed by atoms with Crippen LogP contribution >= 0.6 is 0 Å². The summed E-state index contributed by atoms with van der Waals surface area (Å²) in [6, 6.07) is 0.517. The normalized spacial score (nSPS) is 16.8. The highest BCUT2D eigenvalue weighted by molar-refractivity contribution is 5.60. The molecule has 1 aromatic rings. The Hall–Kier alpha value is -1.36. The van der Waals surface area contributed by atoms with Crippen LogP contribution in [0.5, 0.6) is 0 Å². The summed E-state index contributed by atoms with van der Waals surface area (Å²) < 4.78 is 0. The molecule has 1 aliphatic rings. The minimum atomic E-state index is 0.334. The van der Waals surface area contributed by atoms with E-state index in [-0.39, 0.29) is 0 Å². The quantitative estimate of drug-likeness (QED) is 0.618. The average molecular weight is 249 g/mol. The van der Waals surface area contributed by atoms with E-state index >= 15 is 0 Å². The molecule has 5 nitrogen and oxygen atoms in total. The molecular weight excluding hydrogens is 226 g/mol. The fourth-order valence-electron chi connectivity index (χ4n) is 2.40. The number of hydrogen-bond donors (Lipinski definition) is 2. The summed E-state index contributed by atoms with van der Waals surface area (Å²) in [5, 5.41) is 0. The average Bonchev–Trinajstić information content (AvgIpc) is 3.20. The Morgan fingerprint density at radius 3 is 2.50 bits per heavy atom. The maximum absolute atomic E-state index is 5.55. The number of anilines is 2. The second kappa shape index (κ2) is 5.10. The van der Waals surface area contributed by atoms with E-state index < -0.39 is 0 Å². The minimum Gasteiger partial charge on any atom is -0.356 e. The smallest absolute Gasteiger partial charge is 0.148 e. The van der Waals surface area contributed by atoms with Gasteiger partial charge in [0.05, 0.1) is 0 Å². The molecule has 1 atom stereocenters. The molecule has 0 aromatic carbocycles. The monoisotopic (exact) mass is 249 g/mol. The van der Waals surface area contributed by atoms with Crippen molar-refractivity contribution >= 4 is 11.6 Å². The molecule has 100 valence electrons. The first kappa shape index (κ1) is 13.1. The molecule has 1 fully saturated rings. The van der Waals surface area contributed by atoms with Gasteiger partial charge in [-0.1, -0.05) is 13.8 Å². The fraction of sp³-hybridized carbons (Fsp3) is 0.692. The SMILES string of the molecule is CC(C)c1c(NN)ncnc1N(C)C(C)C1CC1. The van der Waals surface area contributed by atoms with Gasteiger partial charge >= 0.3 is 0 Å². The van der Waals surface area contributed by atoms with Gasteiger partial charge in [0, 0.05) is 18.7 Å². The lowest BCUT2D eigenvalue weighted by atomic mass is 10.0. The number of hydrazine groups is 1. The van der Waals surface area contributed by atoms with Gasteiger partial charge in [0.25, 0.3) is 0 Å². The largest absolute Gasteiger partial charge is 0.356 e. The van der Waals surface area contributed by atoms with Gasteiger partial charge in [-0.05, 0) is 31.6 Å². The van der Waals surface area contributed by atoms with Crippen LogP contribution in [0.1, 0.15) is 45.1 Å². The molecule has 0 aliphatic heterocycles. The molecule has 5 heteroatoms. The molecule has 1 saturated carbocycles. The maximum Gasteiger partial charge on any atom is 0.148 e. The van der Waals surface area contributed by atoms with Crippen LogP contribution in [0.3, 0.4) is 0 Å². The summed E-state index contributed by atoms with van der Waals surface area (Å²) >= 11 is 0. The lowest BCUT2D eigenvalue weighted by Crippen LogP contribution is -2.32. The van der Waals surface area contributed by atoms with Crippen molar-refractivity contribution in [3.05, 3.63) is 11.9 Å². The first-order chi connectivity index (χ1) is 8.56. The van der Waals surface area contributed by atoms with Crippen LogP contribution in [0.4, 0.5) is 11.6 Å². The van der Waals surface area contributed by atoms with Gasteiger partial charge in [-0.25, -0.2) is 15.8 Å².